The van der Waals surface area contributed by atoms with Gasteiger partial charge in [0, 0.05) is 0 Å². The third-order valence-corrected chi connectivity index (χ3v) is 3.61. The molecule has 0 bridgehead atoms. The number of ether oxygens (including phenoxy) is 1. The summed E-state index contributed by atoms with van der Waals surface area (Å²) < 4.78 is 5.19. The molecule has 22 heavy (non-hydrogen) atoms. The standard InChI is InChI=1S/C19H23NO2/c1-3-8-18(16-10-5-4-6-11-16)20-19(21)14-15-9-7-12-17(13-15)22-2/h4-7,9-13,18H,3,8,14H2,1-2H3,(H,20,21). The van der Waals surface area contributed by atoms with Crippen LogP contribution in [0.3, 0.4) is 0 Å². The third kappa shape index (κ3) is 4.62. The number of hydrogen-bond acceptors (Lipinski definition) is 2. The van der Waals surface area contributed by atoms with Gasteiger partial charge in [-0.25, -0.2) is 0 Å². The summed E-state index contributed by atoms with van der Waals surface area (Å²) in [5, 5.41) is 3.14. The maximum atomic E-state index is 12.3. The molecule has 1 N–H and O–H groups in total. The molecule has 1 atom stereocenters. The van der Waals surface area contributed by atoms with E-state index >= 15 is 0 Å². The van der Waals surface area contributed by atoms with Crippen LogP contribution in [0.15, 0.2) is 54.6 Å². The Bertz CT molecular complexity index is 595. The van der Waals surface area contributed by atoms with Gasteiger partial charge in [-0.1, -0.05) is 55.8 Å². The molecular weight excluding hydrogens is 274 g/mol. The summed E-state index contributed by atoms with van der Waals surface area (Å²) in [6.07, 6.45) is 2.33. The van der Waals surface area contributed by atoms with Gasteiger partial charge in [-0.15, -0.1) is 0 Å². The first-order valence-corrected chi connectivity index (χ1v) is 7.70. The van der Waals surface area contributed by atoms with Crippen molar-refractivity contribution in [3.63, 3.8) is 0 Å². The largest absolute Gasteiger partial charge is 0.497 e. The van der Waals surface area contributed by atoms with Crippen molar-refractivity contribution in [3.8, 4) is 5.75 Å². The van der Waals surface area contributed by atoms with Crippen LogP contribution in [0.1, 0.15) is 36.9 Å². The zero-order valence-corrected chi connectivity index (χ0v) is 13.2. The van der Waals surface area contributed by atoms with Crippen molar-refractivity contribution in [2.24, 2.45) is 0 Å². The Morgan fingerprint density at radius 1 is 1.14 bits per heavy atom. The summed E-state index contributed by atoms with van der Waals surface area (Å²) in [5.41, 5.74) is 2.11. The average Bonchev–Trinajstić information content (AvgIpc) is 2.55. The minimum absolute atomic E-state index is 0.0376. The molecule has 0 aliphatic rings. The molecule has 0 aliphatic carbocycles. The van der Waals surface area contributed by atoms with Crippen LogP contribution < -0.4 is 10.1 Å². The molecule has 3 heteroatoms. The van der Waals surface area contributed by atoms with Gasteiger partial charge in [0.25, 0.3) is 0 Å². The van der Waals surface area contributed by atoms with E-state index < -0.39 is 0 Å². The van der Waals surface area contributed by atoms with Gasteiger partial charge < -0.3 is 10.1 Å². The van der Waals surface area contributed by atoms with Crippen molar-refractivity contribution in [2.45, 2.75) is 32.2 Å². The van der Waals surface area contributed by atoms with Crippen LogP contribution in [-0.2, 0) is 11.2 Å². The predicted octanol–water partition coefficient (Wildman–Crippen LogP) is 3.90. The topological polar surface area (TPSA) is 38.3 Å². The van der Waals surface area contributed by atoms with Crippen LogP contribution in [0.4, 0.5) is 0 Å². The van der Waals surface area contributed by atoms with Gasteiger partial charge in [0.15, 0.2) is 0 Å². The molecule has 0 heterocycles. The number of methoxy groups -OCH3 is 1. The summed E-state index contributed by atoms with van der Waals surface area (Å²) in [6, 6.07) is 17.8. The lowest BCUT2D eigenvalue weighted by Crippen LogP contribution is -2.29. The fourth-order valence-electron chi connectivity index (χ4n) is 2.51. The maximum Gasteiger partial charge on any atom is 0.224 e. The third-order valence-electron chi connectivity index (χ3n) is 3.61. The van der Waals surface area contributed by atoms with Crippen molar-refractivity contribution < 1.29 is 9.53 Å². The zero-order chi connectivity index (χ0) is 15.8. The van der Waals surface area contributed by atoms with Crippen molar-refractivity contribution >= 4 is 5.91 Å². The molecule has 0 aliphatic heterocycles. The smallest absolute Gasteiger partial charge is 0.224 e. The molecule has 2 rings (SSSR count). The van der Waals surface area contributed by atoms with Crippen LogP contribution in [0.5, 0.6) is 5.75 Å². The quantitative estimate of drug-likeness (QED) is 0.842. The highest BCUT2D eigenvalue weighted by Crippen LogP contribution is 2.19. The molecule has 3 nitrogen and oxygen atoms in total. The van der Waals surface area contributed by atoms with Crippen molar-refractivity contribution in [1.29, 1.82) is 0 Å². The molecule has 1 amide bonds. The molecule has 0 saturated heterocycles. The number of rotatable bonds is 7. The maximum absolute atomic E-state index is 12.3. The molecule has 2 aromatic carbocycles. The number of benzene rings is 2. The summed E-state index contributed by atoms with van der Waals surface area (Å²) in [7, 11) is 1.63. The fourth-order valence-corrected chi connectivity index (χ4v) is 2.51. The summed E-state index contributed by atoms with van der Waals surface area (Å²) in [6.45, 7) is 2.13. The monoisotopic (exact) mass is 297 g/mol. The van der Waals surface area contributed by atoms with E-state index in [1.807, 2.05) is 42.5 Å². The highest BCUT2D eigenvalue weighted by atomic mass is 16.5. The van der Waals surface area contributed by atoms with Gasteiger partial charge in [-0.2, -0.15) is 0 Å². The molecule has 0 aromatic heterocycles. The number of hydrogen-bond donors (Lipinski definition) is 1. The lowest BCUT2D eigenvalue weighted by molar-refractivity contribution is -0.121. The molecular formula is C19H23NO2. The molecule has 0 fully saturated rings. The first-order chi connectivity index (χ1) is 10.7. The van der Waals surface area contributed by atoms with E-state index in [0.717, 1.165) is 29.7 Å². The summed E-state index contributed by atoms with van der Waals surface area (Å²) in [5.74, 6) is 0.814. The normalized spacial score (nSPS) is 11.7. The van der Waals surface area contributed by atoms with E-state index in [1.165, 1.54) is 0 Å². The average molecular weight is 297 g/mol. The second-order valence-corrected chi connectivity index (χ2v) is 5.35. The van der Waals surface area contributed by atoms with Crippen molar-refractivity contribution in [1.82, 2.24) is 5.32 Å². The predicted molar refractivity (Wildman–Crippen MR) is 88.9 cm³/mol. The minimum Gasteiger partial charge on any atom is -0.497 e. The molecule has 0 radical (unpaired) electrons. The van der Waals surface area contributed by atoms with Crippen LogP contribution in [0, 0.1) is 0 Å². The first-order valence-electron chi connectivity index (χ1n) is 7.70. The van der Waals surface area contributed by atoms with Crippen molar-refractivity contribution in [3.05, 3.63) is 65.7 Å². The Balaban J connectivity index is 2.02. The van der Waals surface area contributed by atoms with Crippen LogP contribution in [-0.4, -0.2) is 13.0 Å². The molecule has 0 saturated carbocycles. The zero-order valence-electron chi connectivity index (χ0n) is 13.2. The van der Waals surface area contributed by atoms with Crippen molar-refractivity contribution in [2.75, 3.05) is 7.11 Å². The van der Waals surface area contributed by atoms with Gasteiger partial charge in [0.2, 0.25) is 5.91 Å². The highest BCUT2D eigenvalue weighted by Gasteiger charge is 2.14. The van der Waals surface area contributed by atoms with E-state index in [1.54, 1.807) is 7.11 Å². The molecule has 1 unspecified atom stereocenters. The molecule has 2 aromatic rings. The lowest BCUT2D eigenvalue weighted by Gasteiger charge is -2.18. The second-order valence-electron chi connectivity index (χ2n) is 5.35. The SMILES string of the molecule is CCCC(NC(=O)Cc1cccc(OC)c1)c1ccccc1. The van der Waals surface area contributed by atoms with Gasteiger partial charge in [-0.05, 0) is 29.7 Å². The Kier molecular flexibility index (Phi) is 6.01. The van der Waals surface area contributed by atoms with Gasteiger partial charge in [-0.3, -0.25) is 4.79 Å². The Morgan fingerprint density at radius 3 is 2.59 bits per heavy atom. The van der Waals surface area contributed by atoms with E-state index in [2.05, 4.69) is 24.4 Å². The second kappa shape index (κ2) is 8.23. The van der Waals surface area contributed by atoms with Gasteiger partial charge >= 0.3 is 0 Å². The van der Waals surface area contributed by atoms with Gasteiger partial charge in [0.05, 0.1) is 19.6 Å². The highest BCUT2D eigenvalue weighted by molar-refractivity contribution is 5.79. The number of nitrogens with one attached hydrogen (secondary N) is 1. The number of carbonyl (C=O) groups is 1. The van der Waals surface area contributed by atoms with Gasteiger partial charge in [0.1, 0.15) is 5.75 Å². The minimum atomic E-state index is 0.0376. The summed E-state index contributed by atoms with van der Waals surface area (Å²) >= 11 is 0. The summed E-state index contributed by atoms with van der Waals surface area (Å²) in [4.78, 5) is 12.3. The Morgan fingerprint density at radius 2 is 1.91 bits per heavy atom. The first kappa shape index (κ1) is 16.1. The Hall–Kier alpha value is -2.29. The van der Waals surface area contributed by atoms with E-state index in [9.17, 15) is 4.79 Å². The van der Waals surface area contributed by atoms with Crippen LogP contribution >= 0.6 is 0 Å². The number of amides is 1. The van der Waals surface area contributed by atoms with E-state index in [4.69, 9.17) is 4.74 Å². The van der Waals surface area contributed by atoms with E-state index in [-0.39, 0.29) is 11.9 Å². The fraction of sp³-hybridized carbons (Fsp3) is 0.316. The lowest BCUT2D eigenvalue weighted by atomic mass is 10.0. The number of carbonyl (C=O) groups excluding carboxylic acids is 1. The molecule has 0 spiro atoms. The van der Waals surface area contributed by atoms with Crippen LogP contribution in [0.25, 0.3) is 0 Å². The van der Waals surface area contributed by atoms with E-state index in [0.29, 0.717) is 6.42 Å². The Labute approximate surface area is 132 Å². The van der Waals surface area contributed by atoms with Crippen LogP contribution in [0.2, 0.25) is 0 Å². The molecule has 116 valence electrons.